The molecule has 5 nitrogen and oxygen atoms in total. The Morgan fingerprint density at radius 2 is 2.28 bits per heavy atom. The van der Waals surface area contributed by atoms with Crippen LogP contribution in [0.1, 0.15) is 12.5 Å². The molecular formula is C11H13N3O2S2. The fraction of sp³-hybridized carbons (Fsp3) is 0.273. The lowest BCUT2D eigenvalue weighted by molar-refractivity contribution is -0.142. The predicted octanol–water partition coefficient (Wildman–Crippen LogP) is 1.51. The van der Waals surface area contributed by atoms with Gasteiger partial charge in [0.1, 0.15) is 5.54 Å². The molecule has 1 unspecified atom stereocenters. The van der Waals surface area contributed by atoms with Crippen molar-refractivity contribution in [3.63, 3.8) is 0 Å². The first kappa shape index (κ1) is 13.1. The number of hydrogen-bond donors (Lipinski definition) is 4. The molecule has 2 rings (SSSR count). The Hall–Kier alpha value is -1.31. The molecule has 2 aromatic rings. The summed E-state index contributed by atoms with van der Waals surface area (Å²) in [4.78, 5) is 15.8. The number of aliphatic carboxylic acids is 1. The van der Waals surface area contributed by atoms with Crippen molar-refractivity contribution in [3.8, 4) is 0 Å². The number of aromatic nitrogens is 1. The number of nitrogens with two attached hydrogens (primary N) is 2. The Kier molecular flexibility index (Phi) is 3.22. The number of nitrogens with zero attached hydrogens (tertiary/aromatic N) is 1. The van der Waals surface area contributed by atoms with Gasteiger partial charge in [0.15, 0.2) is 5.13 Å². The molecular weight excluding hydrogens is 270 g/mol. The number of thiol groups is 1. The number of carboxylic acids is 1. The average molecular weight is 283 g/mol. The van der Waals surface area contributed by atoms with Crippen molar-refractivity contribution in [2.24, 2.45) is 5.73 Å². The highest BCUT2D eigenvalue weighted by Gasteiger charge is 2.28. The second kappa shape index (κ2) is 4.42. The second-order valence-corrected chi connectivity index (χ2v) is 5.96. The normalized spacial score (nSPS) is 14.6. The number of carboxylic acid groups (broad SMARTS) is 1. The van der Waals surface area contributed by atoms with E-state index in [-0.39, 0.29) is 6.42 Å². The van der Waals surface area contributed by atoms with Crippen LogP contribution in [0, 0.1) is 0 Å². The molecule has 0 aliphatic heterocycles. The van der Waals surface area contributed by atoms with Crippen molar-refractivity contribution in [1.82, 2.24) is 4.98 Å². The minimum absolute atomic E-state index is 0.226. The van der Waals surface area contributed by atoms with E-state index >= 15 is 0 Å². The first-order valence-electron chi connectivity index (χ1n) is 5.20. The smallest absolute Gasteiger partial charge is 0.323 e. The number of carbonyl (C=O) groups is 1. The third-order valence-corrected chi connectivity index (χ3v) is 3.78. The number of fused-ring (bicyclic) bond motifs is 1. The van der Waals surface area contributed by atoms with Gasteiger partial charge in [-0.15, -0.1) is 12.6 Å². The van der Waals surface area contributed by atoms with Gasteiger partial charge in [0.2, 0.25) is 0 Å². The third kappa shape index (κ3) is 2.43. The molecule has 0 aliphatic rings. The zero-order valence-electron chi connectivity index (χ0n) is 9.67. The summed E-state index contributed by atoms with van der Waals surface area (Å²) in [6.45, 7) is 1.48. The van der Waals surface area contributed by atoms with E-state index < -0.39 is 11.5 Å². The summed E-state index contributed by atoms with van der Waals surface area (Å²) < 4.78 is 0.885. The Balaban J connectivity index is 2.44. The highest BCUT2D eigenvalue weighted by molar-refractivity contribution is 7.80. The van der Waals surface area contributed by atoms with Crippen LogP contribution < -0.4 is 11.5 Å². The van der Waals surface area contributed by atoms with Crippen molar-refractivity contribution in [2.75, 3.05) is 5.73 Å². The molecule has 1 aromatic heterocycles. The molecule has 1 aromatic carbocycles. The zero-order valence-corrected chi connectivity index (χ0v) is 11.4. The lowest BCUT2D eigenvalue weighted by Crippen LogP contribution is -2.46. The highest BCUT2D eigenvalue weighted by Crippen LogP contribution is 2.30. The molecule has 0 saturated heterocycles. The minimum Gasteiger partial charge on any atom is -0.480 e. The molecule has 1 atom stereocenters. The van der Waals surface area contributed by atoms with Crippen molar-refractivity contribution in [2.45, 2.75) is 23.8 Å². The van der Waals surface area contributed by atoms with Gasteiger partial charge in [-0.1, -0.05) is 11.3 Å². The Labute approximate surface area is 113 Å². The molecule has 5 N–H and O–H groups in total. The molecule has 0 fully saturated rings. The van der Waals surface area contributed by atoms with Crippen LogP contribution in [-0.4, -0.2) is 21.6 Å². The first-order valence-corrected chi connectivity index (χ1v) is 6.46. The molecule has 1 heterocycles. The first-order chi connectivity index (χ1) is 8.29. The monoisotopic (exact) mass is 283 g/mol. The Bertz CT molecular complexity index is 622. The Morgan fingerprint density at radius 1 is 1.61 bits per heavy atom. The van der Waals surface area contributed by atoms with Crippen molar-refractivity contribution < 1.29 is 9.90 Å². The predicted molar refractivity (Wildman–Crippen MR) is 75.2 cm³/mol. The van der Waals surface area contributed by atoms with Gasteiger partial charge < -0.3 is 16.6 Å². The molecule has 0 radical (unpaired) electrons. The van der Waals surface area contributed by atoms with Crippen LogP contribution >= 0.6 is 24.0 Å². The summed E-state index contributed by atoms with van der Waals surface area (Å²) in [5.74, 6) is -1.04. The van der Waals surface area contributed by atoms with E-state index in [4.69, 9.17) is 16.6 Å². The van der Waals surface area contributed by atoms with Gasteiger partial charge in [0, 0.05) is 11.3 Å². The van der Waals surface area contributed by atoms with E-state index in [1.165, 1.54) is 18.3 Å². The largest absolute Gasteiger partial charge is 0.480 e. The molecule has 0 amide bonds. The number of benzene rings is 1. The van der Waals surface area contributed by atoms with Gasteiger partial charge in [-0.05, 0) is 24.6 Å². The van der Waals surface area contributed by atoms with Gasteiger partial charge in [0.05, 0.1) is 10.2 Å². The number of nitrogen functional groups attached to an aromatic ring is 1. The van der Waals surface area contributed by atoms with Crippen LogP contribution in [0.5, 0.6) is 0 Å². The summed E-state index contributed by atoms with van der Waals surface area (Å²) in [6, 6.07) is 3.63. The summed E-state index contributed by atoms with van der Waals surface area (Å²) in [6.07, 6.45) is 0.226. The molecule has 18 heavy (non-hydrogen) atoms. The van der Waals surface area contributed by atoms with E-state index in [0.717, 1.165) is 15.8 Å². The molecule has 96 valence electrons. The van der Waals surface area contributed by atoms with E-state index in [2.05, 4.69) is 17.6 Å². The number of rotatable bonds is 3. The molecule has 0 saturated carbocycles. The van der Waals surface area contributed by atoms with Crippen LogP contribution in [0.4, 0.5) is 5.13 Å². The fourth-order valence-electron chi connectivity index (χ4n) is 1.69. The van der Waals surface area contributed by atoms with Crippen molar-refractivity contribution in [3.05, 3.63) is 17.7 Å². The van der Waals surface area contributed by atoms with Gasteiger partial charge in [0.25, 0.3) is 0 Å². The minimum atomic E-state index is -1.30. The lowest BCUT2D eigenvalue weighted by atomic mass is 9.94. The zero-order chi connectivity index (χ0) is 13.5. The van der Waals surface area contributed by atoms with Crippen LogP contribution in [0.25, 0.3) is 10.2 Å². The SMILES string of the molecule is CC(N)(Cc1cc(S)c2nc(N)sc2c1)C(=O)O. The Morgan fingerprint density at radius 3 is 2.89 bits per heavy atom. The van der Waals surface area contributed by atoms with E-state index in [1.807, 2.05) is 6.07 Å². The quantitative estimate of drug-likeness (QED) is 0.640. The van der Waals surface area contributed by atoms with Crippen molar-refractivity contribution >= 4 is 45.3 Å². The molecule has 0 bridgehead atoms. The highest BCUT2D eigenvalue weighted by atomic mass is 32.1. The second-order valence-electron chi connectivity index (χ2n) is 4.41. The summed E-state index contributed by atoms with van der Waals surface area (Å²) in [5, 5.41) is 9.48. The van der Waals surface area contributed by atoms with Crippen molar-refractivity contribution in [1.29, 1.82) is 0 Å². The molecule has 7 heteroatoms. The van der Waals surface area contributed by atoms with Crippen LogP contribution in [0.15, 0.2) is 17.0 Å². The summed E-state index contributed by atoms with van der Waals surface area (Å²) in [7, 11) is 0. The van der Waals surface area contributed by atoms with E-state index in [1.54, 1.807) is 6.07 Å². The van der Waals surface area contributed by atoms with Gasteiger partial charge in [-0.2, -0.15) is 0 Å². The van der Waals surface area contributed by atoms with Crippen LogP contribution in [-0.2, 0) is 11.2 Å². The number of hydrogen-bond acceptors (Lipinski definition) is 6. The maximum atomic E-state index is 11.0. The lowest BCUT2D eigenvalue weighted by Gasteiger charge is -2.19. The maximum Gasteiger partial charge on any atom is 0.323 e. The average Bonchev–Trinajstić information content (AvgIpc) is 2.58. The van der Waals surface area contributed by atoms with E-state index in [9.17, 15) is 4.79 Å². The van der Waals surface area contributed by atoms with Crippen LogP contribution in [0.2, 0.25) is 0 Å². The van der Waals surface area contributed by atoms with Gasteiger partial charge >= 0.3 is 5.97 Å². The molecule has 0 spiro atoms. The maximum absolute atomic E-state index is 11.0. The summed E-state index contributed by atoms with van der Waals surface area (Å²) in [5.41, 5.74) is 11.6. The third-order valence-electron chi connectivity index (χ3n) is 2.61. The topological polar surface area (TPSA) is 102 Å². The fourth-order valence-corrected chi connectivity index (χ4v) is 2.92. The standard InChI is InChI=1S/C11H13N3O2S2/c1-11(13,9(15)16)4-5-2-6(17)8-7(3-5)18-10(12)14-8/h2-3,17H,4,13H2,1H3,(H2,12,14)(H,15,16). The summed E-state index contributed by atoms with van der Waals surface area (Å²) >= 11 is 5.68. The number of thiazole rings is 1. The number of anilines is 1. The van der Waals surface area contributed by atoms with Crippen LogP contribution in [0.3, 0.4) is 0 Å². The molecule has 0 aliphatic carbocycles. The van der Waals surface area contributed by atoms with Gasteiger partial charge in [-0.3, -0.25) is 4.79 Å². The van der Waals surface area contributed by atoms with Gasteiger partial charge in [-0.25, -0.2) is 4.98 Å². The van der Waals surface area contributed by atoms with E-state index in [0.29, 0.717) is 10.0 Å².